The van der Waals surface area contributed by atoms with Crippen molar-refractivity contribution in [3.05, 3.63) is 63.0 Å². The number of carbonyl (C=O) groups is 2. The number of halogens is 1. The van der Waals surface area contributed by atoms with E-state index in [9.17, 15) is 14.7 Å². The lowest BCUT2D eigenvalue weighted by molar-refractivity contribution is -0.138. The molecule has 0 saturated heterocycles. The number of carbonyl (C=O) groups excluding carboxylic acids is 2. The molecule has 0 fully saturated rings. The van der Waals surface area contributed by atoms with Crippen molar-refractivity contribution in [2.45, 2.75) is 6.54 Å². The summed E-state index contributed by atoms with van der Waals surface area (Å²) in [4.78, 5) is 26.1. The zero-order valence-electron chi connectivity index (χ0n) is 10.7. The zero-order valence-corrected chi connectivity index (χ0v) is 12.3. The molecule has 4 nitrogen and oxygen atoms in total. The molecule has 0 unspecified atom stereocenters. The van der Waals surface area contributed by atoms with E-state index in [4.69, 9.17) is 11.6 Å². The van der Waals surface area contributed by atoms with E-state index in [2.05, 4.69) is 0 Å². The van der Waals surface area contributed by atoms with Crippen LogP contribution in [0.4, 0.5) is 0 Å². The van der Waals surface area contributed by atoms with Gasteiger partial charge < -0.3 is 5.11 Å². The van der Waals surface area contributed by atoms with Crippen molar-refractivity contribution >= 4 is 40.3 Å². The molecule has 21 heavy (non-hydrogen) atoms. The summed E-state index contributed by atoms with van der Waals surface area (Å²) in [5, 5.41) is 12.2. The average Bonchev–Trinajstić information content (AvgIpc) is 3.05. The molecule has 0 atom stereocenters. The molecule has 106 valence electrons. The number of amides is 2. The predicted molar refractivity (Wildman–Crippen MR) is 80.9 cm³/mol. The highest BCUT2D eigenvalue weighted by molar-refractivity contribution is 7.11. The quantitative estimate of drug-likeness (QED) is 0.884. The van der Waals surface area contributed by atoms with E-state index in [0.717, 1.165) is 4.90 Å². The highest BCUT2D eigenvalue weighted by atomic mass is 35.5. The fourth-order valence-corrected chi connectivity index (χ4v) is 3.10. The van der Waals surface area contributed by atoms with Crippen LogP contribution in [0.2, 0.25) is 5.02 Å². The van der Waals surface area contributed by atoms with Gasteiger partial charge in [0.05, 0.1) is 6.54 Å². The fraction of sp³-hybridized carbons (Fsp3) is 0.0667. The van der Waals surface area contributed by atoms with Gasteiger partial charge in [0.25, 0.3) is 11.8 Å². The van der Waals surface area contributed by atoms with E-state index in [1.165, 1.54) is 11.3 Å². The van der Waals surface area contributed by atoms with Crippen LogP contribution in [-0.4, -0.2) is 21.8 Å². The van der Waals surface area contributed by atoms with Crippen LogP contribution in [0, 0.1) is 0 Å². The van der Waals surface area contributed by atoms with Gasteiger partial charge >= 0.3 is 0 Å². The smallest absolute Gasteiger partial charge is 0.296 e. The van der Waals surface area contributed by atoms with E-state index < -0.39 is 17.6 Å². The second-order valence-electron chi connectivity index (χ2n) is 4.49. The molecule has 1 aliphatic heterocycles. The van der Waals surface area contributed by atoms with Gasteiger partial charge in [0.1, 0.15) is 5.57 Å². The van der Waals surface area contributed by atoms with Crippen LogP contribution >= 0.6 is 22.9 Å². The van der Waals surface area contributed by atoms with Crippen molar-refractivity contribution in [3.63, 3.8) is 0 Å². The first-order chi connectivity index (χ1) is 10.1. The Morgan fingerprint density at radius 1 is 1.10 bits per heavy atom. The van der Waals surface area contributed by atoms with E-state index in [-0.39, 0.29) is 12.1 Å². The Bertz CT molecular complexity index is 752. The highest BCUT2D eigenvalue weighted by Gasteiger charge is 2.39. The predicted octanol–water partition coefficient (Wildman–Crippen LogP) is 3.24. The molecule has 3 rings (SSSR count). The van der Waals surface area contributed by atoms with Crippen LogP contribution in [0.25, 0.3) is 5.57 Å². The monoisotopic (exact) mass is 319 g/mol. The average molecular weight is 320 g/mol. The van der Waals surface area contributed by atoms with E-state index >= 15 is 0 Å². The lowest BCUT2D eigenvalue weighted by Gasteiger charge is -2.15. The van der Waals surface area contributed by atoms with E-state index in [0.29, 0.717) is 15.5 Å². The number of benzene rings is 1. The topological polar surface area (TPSA) is 57.6 Å². The van der Waals surface area contributed by atoms with Crippen molar-refractivity contribution in [3.8, 4) is 0 Å². The molecule has 1 aliphatic rings. The number of aliphatic hydroxyl groups excluding tert-OH is 1. The second kappa shape index (κ2) is 5.35. The number of imide groups is 1. The Morgan fingerprint density at radius 2 is 1.86 bits per heavy atom. The van der Waals surface area contributed by atoms with Crippen LogP contribution in [0.5, 0.6) is 0 Å². The Balaban J connectivity index is 1.93. The molecule has 1 aromatic heterocycles. The number of nitrogens with zero attached hydrogens (tertiary/aromatic N) is 1. The largest absolute Gasteiger partial charge is 0.502 e. The minimum absolute atomic E-state index is 0.0380. The number of hydrogen-bond acceptors (Lipinski definition) is 4. The Labute approximate surface area is 129 Å². The van der Waals surface area contributed by atoms with Crippen LogP contribution in [0.1, 0.15) is 10.4 Å². The van der Waals surface area contributed by atoms with Gasteiger partial charge in [-0.15, -0.1) is 11.3 Å². The molecule has 1 aromatic carbocycles. The maximum absolute atomic E-state index is 12.4. The van der Waals surface area contributed by atoms with Crippen molar-refractivity contribution < 1.29 is 14.7 Å². The zero-order chi connectivity index (χ0) is 15.0. The van der Waals surface area contributed by atoms with Gasteiger partial charge in [0.15, 0.2) is 5.76 Å². The first-order valence-corrected chi connectivity index (χ1v) is 7.42. The molecular weight excluding hydrogens is 310 g/mol. The third kappa shape index (κ3) is 2.34. The van der Waals surface area contributed by atoms with Gasteiger partial charge in [-0.05, 0) is 23.1 Å². The Morgan fingerprint density at radius 3 is 2.52 bits per heavy atom. The van der Waals surface area contributed by atoms with Gasteiger partial charge in [0.2, 0.25) is 0 Å². The lowest BCUT2D eigenvalue weighted by atomic mass is 10.2. The van der Waals surface area contributed by atoms with Crippen molar-refractivity contribution in [1.29, 1.82) is 0 Å². The van der Waals surface area contributed by atoms with Gasteiger partial charge in [-0.3, -0.25) is 14.5 Å². The van der Waals surface area contributed by atoms with E-state index in [1.807, 2.05) is 0 Å². The fourth-order valence-electron chi connectivity index (χ4n) is 2.15. The molecule has 2 aromatic rings. The summed E-state index contributed by atoms with van der Waals surface area (Å²) >= 11 is 7.34. The molecular formula is C15H10ClNO3S. The molecule has 0 bridgehead atoms. The van der Waals surface area contributed by atoms with Crippen molar-refractivity contribution in [2.75, 3.05) is 0 Å². The maximum atomic E-state index is 12.4. The Kier molecular flexibility index (Phi) is 3.53. The summed E-state index contributed by atoms with van der Waals surface area (Å²) < 4.78 is 0. The maximum Gasteiger partial charge on any atom is 0.296 e. The number of rotatable bonds is 3. The number of aliphatic hydroxyl groups is 1. The molecule has 6 heteroatoms. The van der Waals surface area contributed by atoms with Gasteiger partial charge in [-0.1, -0.05) is 35.9 Å². The summed E-state index contributed by atoms with van der Waals surface area (Å²) in [6, 6.07) is 10.4. The number of thiophene rings is 1. The molecule has 0 spiro atoms. The molecule has 0 saturated carbocycles. The van der Waals surface area contributed by atoms with Crippen LogP contribution in [0.3, 0.4) is 0 Å². The SMILES string of the molecule is O=C1C(O)=C(c2cccs2)C(=O)N1Cc1ccccc1Cl. The minimum atomic E-state index is -0.691. The van der Waals surface area contributed by atoms with Crippen molar-refractivity contribution in [1.82, 2.24) is 4.90 Å². The minimum Gasteiger partial charge on any atom is -0.502 e. The Hall–Kier alpha value is -2.11. The van der Waals surface area contributed by atoms with Crippen molar-refractivity contribution in [2.24, 2.45) is 0 Å². The second-order valence-corrected chi connectivity index (χ2v) is 5.84. The number of hydrogen-bond donors (Lipinski definition) is 1. The normalized spacial score (nSPS) is 15.2. The third-order valence-electron chi connectivity index (χ3n) is 3.20. The third-order valence-corrected chi connectivity index (χ3v) is 4.45. The van der Waals surface area contributed by atoms with Crippen LogP contribution in [0.15, 0.2) is 47.5 Å². The summed E-state index contributed by atoms with van der Waals surface area (Å²) in [6.07, 6.45) is 0. The summed E-state index contributed by atoms with van der Waals surface area (Å²) in [7, 11) is 0. The van der Waals surface area contributed by atoms with Crippen LogP contribution in [-0.2, 0) is 16.1 Å². The van der Waals surface area contributed by atoms with E-state index in [1.54, 1.807) is 41.8 Å². The highest BCUT2D eigenvalue weighted by Crippen LogP contribution is 2.32. The molecule has 0 aliphatic carbocycles. The standard InChI is InChI=1S/C15H10ClNO3S/c16-10-5-2-1-4-9(10)8-17-14(19)12(13(18)15(17)20)11-6-3-7-21-11/h1-7,18H,8H2. The summed E-state index contributed by atoms with van der Waals surface area (Å²) in [5.74, 6) is -1.70. The summed E-state index contributed by atoms with van der Waals surface area (Å²) in [6.45, 7) is 0.0380. The van der Waals surface area contributed by atoms with Gasteiger partial charge in [-0.2, -0.15) is 0 Å². The van der Waals surface area contributed by atoms with Gasteiger partial charge in [0, 0.05) is 9.90 Å². The first-order valence-electron chi connectivity index (χ1n) is 6.16. The molecule has 1 N–H and O–H groups in total. The van der Waals surface area contributed by atoms with Gasteiger partial charge in [-0.25, -0.2) is 0 Å². The molecule has 0 radical (unpaired) electrons. The van der Waals surface area contributed by atoms with Crippen LogP contribution < -0.4 is 0 Å². The lowest BCUT2D eigenvalue weighted by Crippen LogP contribution is -2.31. The summed E-state index contributed by atoms with van der Waals surface area (Å²) in [5.41, 5.74) is 0.711. The molecule has 2 heterocycles. The first kappa shape index (κ1) is 13.9. The molecule has 2 amide bonds.